The van der Waals surface area contributed by atoms with E-state index in [4.69, 9.17) is 0 Å². The highest BCUT2D eigenvalue weighted by Crippen LogP contribution is 2.22. The van der Waals surface area contributed by atoms with Gasteiger partial charge in [-0.3, -0.25) is 0 Å². The van der Waals surface area contributed by atoms with Gasteiger partial charge in [-0.2, -0.15) is 5.10 Å². The van der Waals surface area contributed by atoms with Gasteiger partial charge < -0.3 is 4.57 Å². The zero-order valence-electron chi connectivity index (χ0n) is 10.5. The van der Waals surface area contributed by atoms with Crippen LogP contribution >= 0.6 is 27.3 Å². The summed E-state index contributed by atoms with van der Waals surface area (Å²) < 4.78 is 3.13. The van der Waals surface area contributed by atoms with E-state index < -0.39 is 0 Å². The molecule has 3 nitrogen and oxygen atoms in total. The van der Waals surface area contributed by atoms with Crippen molar-refractivity contribution in [3.05, 3.63) is 38.9 Å². The lowest BCUT2D eigenvalue weighted by Crippen LogP contribution is -2.10. The molecule has 0 N–H and O–H groups in total. The molecule has 0 unspecified atom stereocenters. The van der Waals surface area contributed by atoms with E-state index in [1.54, 1.807) is 11.3 Å². The van der Waals surface area contributed by atoms with Crippen molar-refractivity contribution in [2.45, 2.75) is 13.8 Å². The molecule has 1 aromatic heterocycles. The van der Waals surface area contributed by atoms with Crippen LogP contribution in [0.2, 0.25) is 0 Å². The van der Waals surface area contributed by atoms with Crippen molar-refractivity contribution in [2.75, 3.05) is 0 Å². The molecule has 0 atom stereocenters. The minimum Gasteiger partial charge on any atom is -0.318 e. The lowest BCUT2D eigenvalue weighted by atomic mass is 10.2. The zero-order chi connectivity index (χ0) is 13.1. The van der Waals surface area contributed by atoms with E-state index in [1.165, 1.54) is 5.56 Å². The molecular weight excluding hydrogens is 310 g/mol. The van der Waals surface area contributed by atoms with E-state index in [0.717, 1.165) is 20.7 Å². The molecule has 94 valence electrons. The molecule has 1 aromatic carbocycles. The third-order valence-electron chi connectivity index (χ3n) is 2.38. The van der Waals surface area contributed by atoms with Crippen LogP contribution in [-0.2, 0) is 7.05 Å². The SMILES string of the molecule is CC(C)=N/N=c1\scc(-c2cccc(Br)c2)n1C. The first-order valence-electron chi connectivity index (χ1n) is 5.53. The summed E-state index contributed by atoms with van der Waals surface area (Å²) in [6.07, 6.45) is 0. The second kappa shape index (κ2) is 5.63. The summed E-state index contributed by atoms with van der Waals surface area (Å²) in [5.41, 5.74) is 3.26. The Labute approximate surface area is 119 Å². The molecule has 2 rings (SSSR count). The number of hydrogen-bond acceptors (Lipinski definition) is 3. The van der Waals surface area contributed by atoms with Gasteiger partial charge in [0, 0.05) is 28.2 Å². The molecular formula is C13H14BrN3S. The topological polar surface area (TPSA) is 29.6 Å². The molecule has 0 spiro atoms. The van der Waals surface area contributed by atoms with Gasteiger partial charge >= 0.3 is 0 Å². The van der Waals surface area contributed by atoms with Crippen molar-refractivity contribution in [3.63, 3.8) is 0 Å². The summed E-state index contributed by atoms with van der Waals surface area (Å²) in [6, 6.07) is 8.24. The van der Waals surface area contributed by atoms with Gasteiger partial charge in [-0.05, 0) is 26.0 Å². The van der Waals surface area contributed by atoms with Crippen LogP contribution in [0.25, 0.3) is 11.3 Å². The van der Waals surface area contributed by atoms with Crippen LogP contribution in [0.15, 0.2) is 44.3 Å². The quantitative estimate of drug-likeness (QED) is 0.594. The number of hydrogen-bond donors (Lipinski definition) is 0. The summed E-state index contributed by atoms with van der Waals surface area (Å²) >= 11 is 5.08. The molecule has 0 saturated carbocycles. The maximum atomic E-state index is 4.23. The molecule has 0 amide bonds. The minimum atomic E-state index is 0.895. The predicted octanol–water partition coefficient (Wildman–Crippen LogP) is 3.81. The van der Waals surface area contributed by atoms with Gasteiger partial charge in [0.25, 0.3) is 0 Å². The molecule has 0 radical (unpaired) electrons. The third kappa shape index (κ3) is 2.97. The molecule has 18 heavy (non-hydrogen) atoms. The largest absolute Gasteiger partial charge is 0.318 e. The van der Waals surface area contributed by atoms with Crippen molar-refractivity contribution in [1.82, 2.24) is 4.57 Å². The standard InChI is InChI=1S/C13H14BrN3S/c1-9(2)15-16-13-17(3)12(8-18-13)10-5-4-6-11(14)7-10/h4-8H,1-3H3/b16-13-. The Morgan fingerprint density at radius 3 is 2.78 bits per heavy atom. The lowest BCUT2D eigenvalue weighted by Gasteiger charge is -2.02. The molecule has 5 heteroatoms. The molecule has 0 aliphatic heterocycles. The Morgan fingerprint density at radius 1 is 1.33 bits per heavy atom. The van der Waals surface area contributed by atoms with Gasteiger partial charge in [0.05, 0.1) is 5.69 Å². The van der Waals surface area contributed by atoms with E-state index in [9.17, 15) is 0 Å². The van der Waals surface area contributed by atoms with Crippen LogP contribution in [0.4, 0.5) is 0 Å². The van der Waals surface area contributed by atoms with Gasteiger partial charge in [0.15, 0.2) is 0 Å². The molecule has 0 aliphatic carbocycles. The van der Waals surface area contributed by atoms with E-state index in [1.807, 2.05) is 33.0 Å². The highest BCUT2D eigenvalue weighted by atomic mass is 79.9. The van der Waals surface area contributed by atoms with Crippen molar-refractivity contribution in [2.24, 2.45) is 17.3 Å². The van der Waals surface area contributed by atoms with Crippen molar-refractivity contribution < 1.29 is 0 Å². The Bertz CT molecular complexity index is 648. The van der Waals surface area contributed by atoms with Crippen molar-refractivity contribution in [1.29, 1.82) is 0 Å². The second-order valence-corrected chi connectivity index (χ2v) is 5.87. The maximum Gasteiger partial charge on any atom is 0.210 e. The van der Waals surface area contributed by atoms with Gasteiger partial charge in [0.2, 0.25) is 4.80 Å². The number of nitrogens with zero attached hydrogens (tertiary/aromatic N) is 3. The molecule has 2 aromatic rings. The van der Waals surface area contributed by atoms with Crippen LogP contribution < -0.4 is 4.80 Å². The molecule has 0 bridgehead atoms. The summed E-state index contributed by atoms with van der Waals surface area (Å²) in [5, 5.41) is 10.4. The van der Waals surface area contributed by atoms with Gasteiger partial charge in [-0.1, -0.05) is 28.1 Å². The first-order valence-corrected chi connectivity index (χ1v) is 7.20. The Kier molecular flexibility index (Phi) is 4.14. The van der Waals surface area contributed by atoms with Gasteiger partial charge in [-0.25, -0.2) is 0 Å². The monoisotopic (exact) mass is 323 g/mol. The van der Waals surface area contributed by atoms with E-state index in [-0.39, 0.29) is 0 Å². The van der Waals surface area contributed by atoms with E-state index in [2.05, 4.69) is 48.2 Å². The van der Waals surface area contributed by atoms with Crippen LogP contribution in [0, 0.1) is 0 Å². The smallest absolute Gasteiger partial charge is 0.210 e. The lowest BCUT2D eigenvalue weighted by molar-refractivity contribution is 0.862. The number of aromatic nitrogens is 1. The normalized spacial score (nSPS) is 11.7. The summed E-state index contributed by atoms with van der Waals surface area (Å²) in [6.45, 7) is 3.87. The average molecular weight is 324 g/mol. The minimum absolute atomic E-state index is 0.895. The van der Waals surface area contributed by atoms with Crippen LogP contribution in [0.1, 0.15) is 13.8 Å². The van der Waals surface area contributed by atoms with Crippen LogP contribution in [0.3, 0.4) is 0 Å². The number of benzene rings is 1. The second-order valence-electron chi connectivity index (χ2n) is 4.12. The van der Waals surface area contributed by atoms with Gasteiger partial charge in [0.1, 0.15) is 0 Å². The fourth-order valence-electron chi connectivity index (χ4n) is 1.51. The van der Waals surface area contributed by atoms with Crippen LogP contribution in [-0.4, -0.2) is 10.3 Å². The number of rotatable bonds is 2. The predicted molar refractivity (Wildman–Crippen MR) is 80.8 cm³/mol. The molecule has 0 saturated heterocycles. The first kappa shape index (κ1) is 13.2. The molecule has 0 aliphatic rings. The fraction of sp³-hybridized carbons (Fsp3) is 0.231. The Balaban J connectivity index is 2.49. The third-order valence-corrected chi connectivity index (χ3v) is 3.78. The number of halogens is 1. The fourth-order valence-corrected chi connectivity index (χ4v) is 2.77. The van der Waals surface area contributed by atoms with Crippen molar-refractivity contribution in [3.8, 4) is 11.3 Å². The highest BCUT2D eigenvalue weighted by Gasteiger charge is 2.04. The first-order chi connectivity index (χ1) is 8.58. The summed E-state index contributed by atoms with van der Waals surface area (Å²) in [5.74, 6) is 0. The van der Waals surface area contributed by atoms with Crippen molar-refractivity contribution >= 4 is 33.0 Å². The zero-order valence-corrected chi connectivity index (χ0v) is 12.9. The van der Waals surface area contributed by atoms with Gasteiger partial charge in [-0.15, -0.1) is 16.4 Å². The maximum absolute atomic E-state index is 4.23. The van der Waals surface area contributed by atoms with E-state index in [0.29, 0.717) is 0 Å². The average Bonchev–Trinajstić information content (AvgIpc) is 2.68. The molecule has 1 heterocycles. The Hall–Kier alpha value is -1.20. The summed E-state index contributed by atoms with van der Waals surface area (Å²) in [4.78, 5) is 0.895. The van der Waals surface area contributed by atoms with E-state index >= 15 is 0 Å². The number of thiazole rings is 1. The van der Waals surface area contributed by atoms with Crippen LogP contribution in [0.5, 0.6) is 0 Å². The Morgan fingerprint density at radius 2 is 2.11 bits per heavy atom. The molecule has 0 fully saturated rings. The summed E-state index contributed by atoms with van der Waals surface area (Å²) in [7, 11) is 2.01. The highest BCUT2D eigenvalue weighted by molar-refractivity contribution is 9.10.